The zero-order valence-electron chi connectivity index (χ0n) is 19.7. The van der Waals surface area contributed by atoms with Gasteiger partial charge in [0.15, 0.2) is 0 Å². The van der Waals surface area contributed by atoms with Gasteiger partial charge in [-0.25, -0.2) is 4.98 Å². The first-order valence-corrected chi connectivity index (χ1v) is 12.1. The Labute approximate surface area is 196 Å². The van der Waals surface area contributed by atoms with E-state index in [1.807, 2.05) is 47.4 Å². The van der Waals surface area contributed by atoms with E-state index in [0.717, 1.165) is 68.8 Å². The number of amides is 1. The van der Waals surface area contributed by atoms with Crippen molar-refractivity contribution in [2.24, 2.45) is 11.3 Å². The topological polar surface area (TPSA) is 45.7 Å². The van der Waals surface area contributed by atoms with Crippen LogP contribution in [0.5, 0.6) is 5.75 Å². The predicted octanol–water partition coefficient (Wildman–Crippen LogP) is 5.01. The normalized spacial score (nSPS) is 20.9. The third-order valence-corrected chi connectivity index (χ3v) is 7.00. The first-order chi connectivity index (χ1) is 16.0. The number of fused-ring (bicyclic) bond motifs is 1. The highest BCUT2D eigenvalue weighted by Gasteiger charge is 2.45. The standard InChI is InChI=1S/C28H33N3O2/c1-21(2)18-33-26-10-6-4-8-23(26)17-30-15-13-28(19-30)14-16-31(20-28)27(32)25-12-11-22-7-3-5-9-24(22)29-25/h3-12,21H,13-20H2,1-2H3. The van der Waals surface area contributed by atoms with E-state index in [1.54, 1.807) is 0 Å². The maximum atomic E-state index is 13.2. The van der Waals surface area contributed by atoms with E-state index in [4.69, 9.17) is 4.74 Å². The quantitative estimate of drug-likeness (QED) is 0.537. The summed E-state index contributed by atoms with van der Waals surface area (Å²) >= 11 is 0. The maximum Gasteiger partial charge on any atom is 0.272 e. The number of hydrogen-bond acceptors (Lipinski definition) is 4. The lowest BCUT2D eigenvalue weighted by Crippen LogP contribution is -2.34. The summed E-state index contributed by atoms with van der Waals surface area (Å²) in [7, 11) is 0. The summed E-state index contributed by atoms with van der Waals surface area (Å²) in [5.74, 6) is 1.56. The smallest absolute Gasteiger partial charge is 0.272 e. The van der Waals surface area contributed by atoms with Crippen molar-refractivity contribution in [3.63, 3.8) is 0 Å². The summed E-state index contributed by atoms with van der Waals surface area (Å²) in [4.78, 5) is 22.4. The number of likely N-dealkylation sites (tertiary alicyclic amines) is 2. The van der Waals surface area contributed by atoms with E-state index >= 15 is 0 Å². The van der Waals surface area contributed by atoms with Crippen LogP contribution in [0.4, 0.5) is 0 Å². The molecule has 2 aromatic carbocycles. The van der Waals surface area contributed by atoms with E-state index in [0.29, 0.717) is 11.6 Å². The van der Waals surface area contributed by atoms with Gasteiger partial charge in [0.1, 0.15) is 11.4 Å². The van der Waals surface area contributed by atoms with Crippen molar-refractivity contribution >= 4 is 16.8 Å². The fourth-order valence-corrected chi connectivity index (χ4v) is 5.22. The Balaban J connectivity index is 1.23. The van der Waals surface area contributed by atoms with Crippen LogP contribution in [0.2, 0.25) is 0 Å². The minimum atomic E-state index is 0.0588. The first-order valence-electron chi connectivity index (χ1n) is 12.1. The fourth-order valence-electron chi connectivity index (χ4n) is 5.22. The summed E-state index contributed by atoms with van der Waals surface area (Å²) in [6.45, 7) is 9.71. The van der Waals surface area contributed by atoms with Crippen LogP contribution in [0.1, 0.15) is 42.7 Å². The van der Waals surface area contributed by atoms with Gasteiger partial charge in [-0.3, -0.25) is 9.69 Å². The molecule has 5 rings (SSSR count). The number of rotatable bonds is 6. The molecular weight excluding hydrogens is 410 g/mol. The van der Waals surface area contributed by atoms with Crippen LogP contribution in [-0.4, -0.2) is 53.5 Å². The van der Waals surface area contributed by atoms with E-state index in [-0.39, 0.29) is 11.3 Å². The number of carbonyl (C=O) groups is 1. The zero-order valence-corrected chi connectivity index (χ0v) is 19.7. The number of aromatic nitrogens is 1. The third-order valence-electron chi connectivity index (χ3n) is 7.00. The van der Waals surface area contributed by atoms with Crippen LogP contribution in [0.3, 0.4) is 0 Å². The van der Waals surface area contributed by atoms with Gasteiger partial charge in [0.25, 0.3) is 5.91 Å². The molecule has 33 heavy (non-hydrogen) atoms. The Morgan fingerprint density at radius 1 is 1.00 bits per heavy atom. The van der Waals surface area contributed by atoms with Gasteiger partial charge in [-0.2, -0.15) is 0 Å². The molecule has 5 heteroatoms. The van der Waals surface area contributed by atoms with Crippen molar-refractivity contribution in [1.29, 1.82) is 0 Å². The second-order valence-electron chi connectivity index (χ2n) is 10.1. The zero-order chi connectivity index (χ0) is 22.8. The average molecular weight is 444 g/mol. The second-order valence-corrected chi connectivity index (χ2v) is 10.1. The molecule has 3 heterocycles. The van der Waals surface area contributed by atoms with Crippen LogP contribution in [-0.2, 0) is 6.54 Å². The lowest BCUT2D eigenvalue weighted by Gasteiger charge is -2.25. The summed E-state index contributed by atoms with van der Waals surface area (Å²) < 4.78 is 6.07. The predicted molar refractivity (Wildman–Crippen MR) is 131 cm³/mol. The molecule has 0 saturated carbocycles. The summed E-state index contributed by atoms with van der Waals surface area (Å²) in [5, 5.41) is 1.07. The Kier molecular flexibility index (Phi) is 6.07. The number of hydrogen-bond donors (Lipinski definition) is 0. The Hall–Kier alpha value is -2.92. The summed E-state index contributed by atoms with van der Waals surface area (Å²) in [5.41, 5.74) is 2.88. The molecule has 0 N–H and O–H groups in total. The van der Waals surface area contributed by atoms with Gasteiger partial charge >= 0.3 is 0 Å². The van der Waals surface area contributed by atoms with Crippen molar-refractivity contribution in [1.82, 2.24) is 14.8 Å². The molecule has 0 bridgehead atoms. The molecule has 172 valence electrons. The van der Waals surface area contributed by atoms with Gasteiger partial charge in [-0.05, 0) is 43.5 Å². The Morgan fingerprint density at radius 3 is 2.67 bits per heavy atom. The molecule has 1 aromatic heterocycles. The van der Waals surface area contributed by atoms with Gasteiger partial charge in [0.05, 0.1) is 12.1 Å². The number of carbonyl (C=O) groups excluding carboxylic acids is 1. The first kappa shape index (κ1) is 21.9. The van der Waals surface area contributed by atoms with Crippen LogP contribution in [0.15, 0.2) is 60.7 Å². The molecule has 2 aliphatic rings. The number of benzene rings is 2. The minimum absolute atomic E-state index is 0.0588. The average Bonchev–Trinajstić information content (AvgIpc) is 3.43. The molecule has 2 aliphatic heterocycles. The van der Waals surface area contributed by atoms with Gasteiger partial charge in [0.2, 0.25) is 0 Å². The Bertz CT molecular complexity index is 1140. The van der Waals surface area contributed by atoms with Crippen molar-refractivity contribution in [2.45, 2.75) is 33.2 Å². The lowest BCUT2D eigenvalue weighted by atomic mass is 9.86. The van der Waals surface area contributed by atoms with Gasteiger partial charge in [-0.15, -0.1) is 0 Å². The highest BCUT2D eigenvalue weighted by molar-refractivity contribution is 5.95. The van der Waals surface area contributed by atoms with Gasteiger partial charge < -0.3 is 9.64 Å². The maximum absolute atomic E-state index is 13.2. The molecule has 2 saturated heterocycles. The largest absolute Gasteiger partial charge is 0.493 e. The number of para-hydroxylation sites is 2. The van der Waals surface area contributed by atoms with Crippen molar-refractivity contribution in [3.05, 3.63) is 71.9 Å². The number of nitrogens with zero attached hydrogens (tertiary/aromatic N) is 3. The highest BCUT2D eigenvalue weighted by atomic mass is 16.5. The molecule has 3 aromatic rings. The van der Waals surface area contributed by atoms with E-state index in [2.05, 4.69) is 41.9 Å². The van der Waals surface area contributed by atoms with Gasteiger partial charge in [-0.1, -0.05) is 56.3 Å². The number of ether oxygens (including phenoxy) is 1. The molecule has 1 atom stereocenters. The third kappa shape index (κ3) is 4.74. The van der Waals surface area contributed by atoms with Crippen molar-refractivity contribution in [2.75, 3.05) is 32.8 Å². The van der Waals surface area contributed by atoms with Gasteiger partial charge in [0, 0.05) is 42.5 Å². The SMILES string of the molecule is CC(C)COc1ccccc1CN1CCC2(CCN(C(=O)c3ccc4ccccc4n3)C2)C1. The Morgan fingerprint density at radius 2 is 1.79 bits per heavy atom. The van der Waals surface area contributed by atoms with Crippen LogP contribution < -0.4 is 4.74 Å². The van der Waals surface area contributed by atoms with Crippen molar-refractivity contribution in [3.8, 4) is 5.75 Å². The molecule has 5 nitrogen and oxygen atoms in total. The molecule has 2 fully saturated rings. The van der Waals surface area contributed by atoms with Crippen molar-refractivity contribution < 1.29 is 9.53 Å². The van der Waals surface area contributed by atoms with Crippen LogP contribution >= 0.6 is 0 Å². The molecule has 0 aliphatic carbocycles. The van der Waals surface area contributed by atoms with E-state index < -0.39 is 0 Å². The summed E-state index contributed by atoms with van der Waals surface area (Å²) in [6, 6.07) is 20.2. The number of pyridine rings is 1. The minimum Gasteiger partial charge on any atom is -0.493 e. The lowest BCUT2D eigenvalue weighted by molar-refractivity contribution is 0.0767. The molecular formula is C28H33N3O2. The molecule has 1 spiro atoms. The molecule has 0 radical (unpaired) electrons. The molecule has 1 amide bonds. The highest BCUT2D eigenvalue weighted by Crippen LogP contribution is 2.40. The molecule has 1 unspecified atom stereocenters. The monoisotopic (exact) mass is 443 g/mol. The van der Waals surface area contributed by atoms with Crippen LogP contribution in [0.25, 0.3) is 10.9 Å². The van der Waals surface area contributed by atoms with Crippen LogP contribution in [0, 0.1) is 11.3 Å². The summed E-state index contributed by atoms with van der Waals surface area (Å²) in [6.07, 6.45) is 2.20. The van der Waals surface area contributed by atoms with E-state index in [9.17, 15) is 4.79 Å². The second kappa shape index (κ2) is 9.14. The fraction of sp³-hybridized carbons (Fsp3) is 0.429. The van der Waals surface area contributed by atoms with E-state index in [1.165, 1.54) is 5.56 Å².